The van der Waals surface area contributed by atoms with Gasteiger partial charge < -0.3 is 14.4 Å². The maximum atomic E-state index is 11.0. The summed E-state index contributed by atoms with van der Waals surface area (Å²) < 4.78 is 7.28. The fourth-order valence-electron chi connectivity index (χ4n) is 2.62. The fourth-order valence-corrected chi connectivity index (χ4v) is 2.62. The number of nitrogens with zero attached hydrogens (tertiary/aromatic N) is 2. The van der Waals surface area contributed by atoms with Crippen molar-refractivity contribution in [2.45, 2.75) is 13.5 Å². The van der Waals surface area contributed by atoms with Gasteiger partial charge in [-0.2, -0.15) is 0 Å². The van der Waals surface area contributed by atoms with Gasteiger partial charge in [0.05, 0.1) is 18.7 Å². The van der Waals surface area contributed by atoms with E-state index >= 15 is 0 Å². The predicted molar refractivity (Wildman–Crippen MR) is 85.8 cm³/mol. The quantitative estimate of drug-likeness (QED) is 0.718. The minimum Gasteiger partial charge on any atom is -0.494 e. The van der Waals surface area contributed by atoms with Crippen LogP contribution in [-0.4, -0.2) is 16.3 Å². The Hall–Kier alpha value is -2.82. The Morgan fingerprint density at radius 2 is 1.86 bits per heavy atom. The van der Waals surface area contributed by atoms with Gasteiger partial charge in [0.25, 0.3) is 0 Å². The monoisotopic (exact) mass is 296 g/mol. The number of para-hydroxylation sites is 2. The normalized spacial score (nSPS) is 10.8. The Morgan fingerprint density at radius 3 is 2.64 bits per heavy atom. The highest BCUT2D eigenvalue weighted by Gasteiger charge is 2.18. The first-order valence-corrected chi connectivity index (χ1v) is 7.10. The number of benzene rings is 2. The molecule has 0 unspecified atom stereocenters. The molecule has 5 heteroatoms. The van der Waals surface area contributed by atoms with E-state index in [-0.39, 0.29) is 11.6 Å². The summed E-state index contributed by atoms with van der Waals surface area (Å²) in [5, 5.41) is 13.9. The zero-order chi connectivity index (χ0) is 15.5. The van der Waals surface area contributed by atoms with E-state index in [1.165, 1.54) is 0 Å². The number of hydrogen-bond acceptors (Lipinski definition) is 4. The molecule has 0 aliphatic carbocycles. The molecule has 0 amide bonds. The third kappa shape index (κ3) is 2.30. The van der Waals surface area contributed by atoms with Gasteiger partial charge in [0.15, 0.2) is 5.69 Å². The largest absolute Gasteiger partial charge is 0.494 e. The molecule has 5 nitrogen and oxygen atoms in total. The van der Waals surface area contributed by atoms with Crippen molar-refractivity contribution >= 4 is 16.6 Å². The van der Waals surface area contributed by atoms with Crippen molar-refractivity contribution in [1.29, 1.82) is 0 Å². The first-order valence-electron chi connectivity index (χ1n) is 7.10. The van der Waals surface area contributed by atoms with Gasteiger partial charge in [0.2, 0.25) is 5.88 Å². The SMILES string of the molecule is CCOc1ccccc1Cn1c(O)c(N=O)c2ccccc21. The molecule has 0 saturated heterocycles. The summed E-state index contributed by atoms with van der Waals surface area (Å²) >= 11 is 0. The van der Waals surface area contributed by atoms with E-state index < -0.39 is 0 Å². The van der Waals surface area contributed by atoms with Gasteiger partial charge in [-0.1, -0.05) is 36.4 Å². The van der Waals surface area contributed by atoms with Crippen LogP contribution in [0.2, 0.25) is 0 Å². The zero-order valence-corrected chi connectivity index (χ0v) is 12.2. The second-order valence-corrected chi connectivity index (χ2v) is 4.91. The third-order valence-electron chi connectivity index (χ3n) is 3.61. The number of nitroso groups, excluding NO2 is 1. The van der Waals surface area contributed by atoms with E-state index in [0.717, 1.165) is 16.8 Å². The Balaban J connectivity index is 2.12. The van der Waals surface area contributed by atoms with Gasteiger partial charge in [0, 0.05) is 10.9 Å². The maximum Gasteiger partial charge on any atom is 0.222 e. The van der Waals surface area contributed by atoms with Crippen molar-refractivity contribution in [3.63, 3.8) is 0 Å². The van der Waals surface area contributed by atoms with Crippen molar-refractivity contribution < 1.29 is 9.84 Å². The molecule has 0 saturated carbocycles. The summed E-state index contributed by atoms with van der Waals surface area (Å²) in [4.78, 5) is 11.0. The van der Waals surface area contributed by atoms with Crippen molar-refractivity contribution in [2.24, 2.45) is 5.18 Å². The molecule has 1 heterocycles. The van der Waals surface area contributed by atoms with Crippen LogP contribution >= 0.6 is 0 Å². The molecule has 0 aliphatic rings. The number of aromatic hydroxyl groups is 1. The van der Waals surface area contributed by atoms with E-state index in [1.54, 1.807) is 10.6 Å². The van der Waals surface area contributed by atoms with Crippen LogP contribution in [0.1, 0.15) is 12.5 Å². The van der Waals surface area contributed by atoms with Gasteiger partial charge in [-0.05, 0) is 24.2 Å². The topological polar surface area (TPSA) is 63.8 Å². The molecule has 0 atom stereocenters. The van der Waals surface area contributed by atoms with Crippen LogP contribution in [0.25, 0.3) is 10.9 Å². The molecule has 0 spiro atoms. The van der Waals surface area contributed by atoms with Crippen LogP contribution < -0.4 is 4.74 Å². The highest BCUT2D eigenvalue weighted by Crippen LogP contribution is 2.39. The van der Waals surface area contributed by atoms with Crippen molar-refractivity contribution in [1.82, 2.24) is 4.57 Å². The highest BCUT2D eigenvalue weighted by atomic mass is 16.5. The first kappa shape index (κ1) is 14.1. The number of fused-ring (bicyclic) bond motifs is 1. The summed E-state index contributed by atoms with van der Waals surface area (Å²) in [6.07, 6.45) is 0. The lowest BCUT2D eigenvalue weighted by Gasteiger charge is -2.12. The molecule has 0 fully saturated rings. The Bertz CT molecular complexity index is 824. The fraction of sp³-hybridized carbons (Fsp3) is 0.176. The minimum absolute atomic E-state index is 0.0736. The summed E-state index contributed by atoms with van der Waals surface area (Å²) in [6, 6.07) is 15.0. The smallest absolute Gasteiger partial charge is 0.222 e. The molecule has 3 aromatic rings. The second kappa shape index (κ2) is 5.89. The average Bonchev–Trinajstić information content (AvgIpc) is 2.81. The average molecular weight is 296 g/mol. The molecule has 2 aromatic carbocycles. The first-order chi connectivity index (χ1) is 10.8. The molecule has 0 aliphatic heterocycles. The molecular weight excluding hydrogens is 280 g/mol. The van der Waals surface area contributed by atoms with Crippen LogP contribution in [0.3, 0.4) is 0 Å². The maximum absolute atomic E-state index is 11.0. The molecule has 1 aromatic heterocycles. The standard InChI is InChI=1S/C17H16N2O3/c1-2-22-15-10-6-3-7-12(15)11-19-14-9-5-4-8-13(14)16(18-21)17(19)20/h3-10,20H,2,11H2,1H3. The van der Waals surface area contributed by atoms with E-state index in [9.17, 15) is 10.0 Å². The van der Waals surface area contributed by atoms with E-state index in [1.807, 2.05) is 49.4 Å². The summed E-state index contributed by atoms with van der Waals surface area (Å²) in [5.41, 5.74) is 1.77. The lowest BCUT2D eigenvalue weighted by molar-refractivity contribution is 0.335. The van der Waals surface area contributed by atoms with Gasteiger partial charge in [-0.15, -0.1) is 4.91 Å². The highest BCUT2D eigenvalue weighted by molar-refractivity contribution is 5.95. The van der Waals surface area contributed by atoms with Crippen LogP contribution in [0.4, 0.5) is 5.69 Å². The zero-order valence-electron chi connectivity index (χ0n) is 12.2. The molecule has 3 rings (SSSR count). The molecule has 0 bridgehead atoms. The Morgan fingerprint density at radius 1 is 1.14 bits per heavy atom. The lowest BCUT2D eigenvalue weighted by Crippen LogP contribution is -2.02. The number of rotatable bonds is 5. The van der Waals surface area contributed by atoms with E-state index in [4.69, 9.17) is 4.74 Å². The molecular formula is C17H16N2O3. The Labute approximate surface area is 127 Å². The van der Waals surface area contributed by atoms with Crippen LogP contribution in [0, 0.1) is 4.91 Å². The van der Waals surface area contributed by atoms with Gasteiger partial charge >= 0.3 is 0 Å². The van der Waals surface area contributed by atoms with Crippen LogP contribution in [0.15, 0.2) is 53.7 Å². The summed E-state index contributed by atoms with van der Waals surface area (Å²) in [5.74, 6) is 0.644. The number of hydrogen-bond donors (Lipinski definition) is 1. The molecule has 112 valence electrons. The number of ether oxygens (including phenoxy) is 1. The van der Waals surface area contributed by atoms with Gasteiger partial charge in [0.1, 0.15) is 5.75 Å². The van der Waals surface area contributed by atoms with Crippen LogP contribution in [0.5, 0.6) is 11.6 Å². The van der Waals surface area contributed by atoms with Gasteiger partial charge in [-0.25, -0.2) is 0 Å². The summed E-state index contributed by atoms with van der Waals surface area (Å²) in [7, 11) is 0. The second-order valence-electron chi connectivity index (χ2n) is 4.91. The molecule has 22 heavy (non-hydrogen) atoms. The van der Waals surface area contributed by atoms with Crippen molar-refractivity contribution in [3.8, 4) is 11.6 Å². The third-order valence-corrected chi connectivity index (χ3v) is 3.61. The predicted octanol–water partition coefficient (Wildman–Crippen LogP) is 4.19. The Kier molecular flexibility index (Phi) is 3.78. The molecule has 1 N–H and O–H groups in total. The van der Waals surface area contributed by atoms with Crippen molar-refractivity contribution in [2.75, 3.05) is 6.61 Å². The minimum atomic E-state index is -0.123. The summed E-state index contributed by atoms with van der Waals surface area (Å²) in [6.45, 7) is 2.89. The van der Waals surface area contributed by atoms with Crippen molar-refractivity contribution in [3.05, 3.63) is 59.0 Å². The number of aromatic nitrogens is 1. The van der Waals surface area contributed by atoms with E-state index in [0.29, 0.717) is 18.5 Å². The van der Waals surface area contributed by atoms with E-state index in [2.05, 4.69) is 5.18 Å². The molecule has 0 radical (unpaired) electrons. The van der Waals surface area contributed by atoms with Gasteiger partial charge in [-0.3, -0.25) is 0 Å². The lowest BCUT2D eigenvalue weighted by atomic mass is 10.2. The van der Waals surface area contributed by atoms with Crippen LogP contribution in [-0.2, 0) is 6.54 Å².